The van der Waals surface area contributed by atoms with Crippen LogP contribution in [0.2, 0.25) is 0 Å². The van der Waals surface area contributed by atoms with Crippen LogP contribution in [-0.4, -0.2) is 58.3 Å². The van der Waals surface area contributed by atoms with Crippen LogP contribution in [0.1, 0.15) is 13.3 Å². The average molecular weight is 340 g/mol. The maximum atomic E-state index is 12.5. The number of nitrogens with zero attached hydrogens (tertiary/aromatic N) is 1. The summed E-state index contributed by atoms with van der Waals surface area (Å²) in [5.41, 5.74) is 0. The first-order valence-corrected chi connectivity index (χ1v) is 9.45. The van der Waals surface area contributed by atoms with Crippen molar-refractivity contribution in [2.24, 2.45) is 5.92 Å². The van der Waals surface area contributed by atoms with Gasteiger partial charge in [0.05, 0.1) is 17.8 Å². The molecule has 1 aliphatic heterocycles. The summed E-state index contributed by atoms with van der Waals surface area (Å²) in [6.07, 6.45) is 0.893. The summed E-state index contributed by atoms with van der Waals surface area (Å²) in [6.45, 7) is 4.64. The lowest BCUT2D eigenvalue weighted by Gasteiger charge is -2.23. The van der Waals surface area contributed by atoms with Gasteiger partial charge in [-0.15, -0.1) is 0 Å². The van der Waals surface area contributed by atoms with Crippen LogP contribution in [0.4, 0.5) is 0 Å². The van der Waals surface area contributed by atoms with Gasteiger partial charge in [0.15, 0.2) is 9.84 Å². The molecule has 6 nitrogen and oxygen atoms in total. The van der Waals surface area contributed by atoms with Crippen LogP contribution in [0.15, 0.2) is 29.2 Å². The molecule has 1 atom stereocenters. The Hall–Kier alpha value is -1.60. The third-order valence-corrected chi connectivity index (χ3v) is 5.89. The number of carbonyl (C=O) groups excluding carboxylic acids is 1. The fraction of sp³-hybridized carbons (Fsp3) is 0.562. The van der Waals surface area contributed by atoms with Gasteiger partial charge in [-0.2, -0.15) is 0 Å². The van der Waals surface area contributed by atoms with E-state index in [1.807, 2.05) is 0 Å². The van der Waals surface area contributed by atoms with Gasteiger partial charge in [-0.1, -0.05) is 6.92 Å². The number of sulfone groups is 1. The molecule has 1 N–H and O–H groups in total. The molecule has 1 heterocycles. The van der Waals surface area contributed by atoms with E-state index in [4.69, 9.17) is 4.74 Å². The van der Waals surface area contributed by atoms with Gasteiger partial charge in [0.1, 0.15) is 5.75 Å². The molecule has 7 heteroatoms. The van der Waals surface area contributed by atoms with Crippen LogP contribution in [0, 0.1) is 5.92 Å². The number of methoxy groups -OCH3 is 1. The van der Waals surface area contributed by atoms with Crippen molar-refractivity contribution in [2.75, 3.05) is 39.0 Å². The molecule has 128 valence electrons. The SMILES string of the molecule is COc1ccc(S(=O)(=O)CC(C)C(=O)N2CCCNCC2)cc1. The highest BCUT2D eigenvalue weighted by molar-refractivity contribution is 7.91. The number of nitrogens with one attached hydrogen (secondary N) is 1. The topological polar surface area (TPSA) is 75.7 Å². The highest BCUT2D eigenvalue weighted by Gasteiger charge is 2.27. The minimum absolute atomic E-state index is 0.0919. The maximum absolute atomic E-state index is 12.5. The molecule has 1 aromatic carbocycles. The van der Waals surface area contributed by atoms with Crippen LogP contribution in [0.25, 0.3) is 0 Å². The van der Waals surface area contributed by atoms with E-state index in [2.05, 4.69) is 5.32 Å². The van der Waals surface area contributed by atoms with Gasteiger partial charge in [-0.25, -0.2) is 8.42 Å². The molecule has 0 bridgehead atoms. The van der Waals surface area contributed by atoms with Gasteiger partial charge >= 0.3 is 0 Å². The fourth-order valence-corrected chi connectivity index (χ4v) is 4.20. The third kappa shape index (κ3) is 4.68. The van der Waals surface area contributed by atoms with Crippen molar-refractivity contribution in [3.05, 3.63) is 24.3 Å². The van der Waals surface area contributed by atoms with E-state index in [-0.39, 0.29) is 16.6 Å². The van der Waals surface area contributed by atoms with Crippen molar-refractivity contribution in [3.63, 3.8) is 0 Å². The highest BCUT2D eigenvalue weighted by atomic mass is 32.2. The van der Waals surface area contributed by atoms with Gasteiger partial charge < -0.3 is 15.0 Å². The molecule has 0 radical (unpaired) electrons. The third-order valence-electron chi connectivity index (χ3n) is 3.96. The van der Waals surface area contributed by atoms with Crippen LogP contribution < -0.4 is 10.1 Å². The first kappa shape index (κ1) is 17.7. The molecule has 0 spiro atoms. The van der Waals surface area contributed by atoms with E-state index >= 15 is 0 Å². The van der Waals surface area contributed by atoms with Gasteiger partial charge in [-0.05, 0) is 37.2 Å². The van der Waals surface area contributed by atoms with Crippen molar-refractivity contribution in [1.29, 1.82) is 0 Å². The second-order valence-corrected chi connectivity index (χ2v) is 7.82. The predicted octanol–water partition coefficient (Wildman–Crippen LogP) is 0.927. The summed E-state index contributed by atoms with van der Waals surface area (Å²) >= 11 is 0. The molecule has 0 saturated carbocycles. The Labute approximate surface area is 137 Å². The minimum atomic E-state index is -3.50. The lowest BCUT2D eigenvalue weighted by molar-refractivity contribution is -0.134. The molecule has 1 saturated heterocycles. The second kappa shape index (κ2) is 7.79. The largest absolute Gasteiger partial charge is 0.497 e. The van der Waals surface area contributed by atoms with Gasteiger partial charge in [0, 0.05) is 25.6 Å². The van der Waals surface area contributed by atoms with E-state index in [9.17, 15) is 13.2 Å². The molecular weight excluding hydrogens is 316 g/mol. The normalized spacial score (nSPS) is 17.4. The number of hydrogen-bond acceptors (Lipinski definition) is 5. The summed E-state index contributed by atoms with van der Waals surface area (Å²) in [5, 5.41) is 3.23. The highest BCUT2D eigenvalue weighted by Crippen LogP contribution is 2.19. The van der Waals surface area contributed by atoms with Crippen LogP contribution in [0.3, 0.4) is 0 Å². The first-order valence-electron chi connectivity index (χ1n) is 7.80. The van der Waals surface area contributed by atoms with Gasteiger partial charge in [0.2, 0.25) is 5.91 Å². The molecule has 1 aromatic rings. The lowest BCUT2D eigenvalue weighted by atomic mass is 10.2. The molecule has 2 rings (SSSR count). The Bertz CT molecular complexity index is 620. The van der Waals surface area contributed by atoms with Gasteiger partial charge in [0.25, 0.3) is 0 Å². The number of carbonyl (C=O) groups is 1. The fourth-order valence-electron chi connectivity index (χ4n) is 2.66. The zero-order valence-corrected chi connectivity index (χ0v) is 14.4. The molecule has 1 unspecified atom stereocenters. The van der Waals surface area contributed by atoms with E-state index < -0.39 is 15.8 Å². The number of benzene rings is 1. The summed E-state index contributed by atoms with van der Waals surface area (Å²) in [6, 6.07) is 6.25. The summed E-state index contributed by atoms with van der Waals surface area (Å²) in [7, 11) is -1.97. The van der Waals surface area contributed by atoms with E-state index in [0.717, 1.165) is 19.5 Å². The number of ether oxygens (including phenoxy) is 1. The lowest BCUT2D eigenvalue weighted by Crippen LogP contribution is -2.39. The standard InChI is InChI=1S/C16H24N2O4S/c1-13(16(19)18-10-3-8-17-9-11-18)12-23(20,21)15-6-4-14(22-2)5-7-15/h4-7,13,17H,3,8-12H2,1-2H3. The Balaban J connectivity index is 2.04. The monoisotopic (exact) mass is 340 g/mol. The molecule has 23 heavy (non-hydrogen) atoms. The van der Waals surface area contributed by atoms with Gasteiger partial charge in [-0.3, -0.25) is 4.79 Å². The van der Waals surface area contributed by atoms with E-state index in [1.165, 1.54) is 19.2 Å². The number of amides is 1. The van der Waals surface area contributed by atoms with Crippen molar-refractivity contribution in [3.8, 4) is 5.75 Å². The van der Waals surface area contributed by atoms with Crippen LogP contribution >= 0.6 is 0 Å². The number of hydrogen-bond donors (Lipinski definition) is 1. The van der Waals surface area contributed by atoms with Crippen LogP contribution in [-0.2, 0) is 14.6 Å². The molecule has 1 aliphatic rings. The van der Waals surface area contributed by atoms with Crippen molar-refractivity contribution < 1.29 is 17.9 Å². The first-order chi connectivity index (χ1) is 10.9. The summed E-state index contributed by atoms with van der Waals surface area (Å²) in [5.74, 6) is -0.224. The number of rotatable bonds is 5. The molecule has 0 aromatic heterocycles. The Morgan fingerprint density at radius 2 is 1.96 bits per heavy atom. The van der Waals surface area contributed by atoms with Crippen molar-refractivity contribution >= 4 is 15.7 Å². The van der Waals surface area contributed by atoms with E-state index in [0.29, 0.717) is 18.8 Å². The van der Waals surface area contributed by atoms with Crippen molar-refractivity contribution in [1.82, 2.24) is 10.2 Å². The van der Waals surface area contributed by atoms with Crippen molar-refractivity contribution in [2.45, 2.75) is 18.2 Å². The molecule has 0 aliphatic carbocycles. The molecule has 1 amide bonds. The molecule has 1 fully saturated rings. The summed E-state index contributed by atoms with van der Waals surface area (Å²) < 4.78 is 30.0. The zero-order valence-electron chi connectivity index (χ0n) is 13.6. The Morgan fingerprint density at radius 3 is 2.61 bits per heavy atom. The Morgan fingerprint density at radius 1 is 1.26 bits per heavy atom. The zero-order chi connectivity index (χ0) is 16.9. The maximum Gasteiger partial charge on any atom is 0.226 e. The van der Waals surface area contributed by atoms with Crippen LogP contribution in [0.5, 0.6) is 5.75 Å². The Kier molecular flexibility index (Phi) is 6.01. The quantitative estimate of drug-likeness (QED) is 0.863. The molecular formula is C16H24N2O4S. The van der Waals surface area contributed by atoms with E-state index in [1.54, 1.807) is 24.0 Å². The second-order valence-electron chi connectivity index (χ2n) is 5.79. The predicted molar refractivity (Wildman–Crippen MR) is 88.3 cm³/mol. The smallest absolute Gasteiger partial charge is 0.226 e. The average Bonchev–Trinajstić information content (AvgIpc) is 2.83. The summed E-state index contributed by atoms with van der Waals surface area (Å²) in [4.78, 5) is 14.5. The minimum Gasteiger partial charge on any atom is -0.497 e.